The summed E-state index contributed by atoms with van der Waals surface area (Å²) in [5, 5.41) is 0. The average molecular weight is 361 g/mol. The molecule has 1 aromatic rings. The SMILES string of the molecule is O=C([C@H]1CCCN(C2CCN(c3ncc(F)cn3)CC2)C1)N1CCCC1. The molecule has 4 rings (SSSR count). The number of nitrogens with zero attached hydrogens (tertiary/aromatic N) is 5. The van der Waals surface area contributed by atoms with Crippen LogP contribution in [0.15, 0.2) is 12.4 Å². The molecule has 7 heteroatoms. The summed E-state index contributed by atoms with van der Waals surface area (Å²) in [5.41, 5.74) is 0. The maximum atomic E-state index is 13.0. The summed E-state index contributed by atoms with van der Waals surface area (Å²) in [7, 11) is 0. The Bertz CT molecular complexity index is 611. The molecular formula is C19H28FN5O. The Balaban J connectivity index is 1.31. The molecule has 3 saturated heterocycles. The third-order valence-corrected chi connectivity index (χ3v) is 6.09. The molecule has 0 saturated carbocycles. The molecule has 0 aromatic carbocycles. The zero-order chi connectivity index (χ0) is 17.9. The second kappa shape index (κ2) is 7.86. The highest BCUT2D eigenvalue weighted by Crippen LogP contribution is 2.27. The largest absolute Gasteiger partial charge is 0.342 e. The monoisotopic (exact) mass is 361 g/mol. The van der Waals surface area contributed by atoms with Gasteiger partial charge in [0, 0.05) is 38.8 Å². The van der Waals surface area contributed by atoms with Gasteiger partial charge in [0.2, 0.25) is 11.9 Å². The first-order chi connectivity index (χ1) is 12.7. The van der Waals surface area contributed by atoms with Crippen LogP contribution in [0.3, 0.4) is 0 Å². The summed E-state index contributed by atoms with van der Waals surface area (Å²) in [4.78, 5) is 27.7. The first kappa shape index (κ1) is 17.6. The Labute approximate surface area is 154 Å². The maximum Gasteiger partial charge on any atom is 0.226 e. The van der Waals surface area contributed by atoms with Gasteiger partial charge in [0.1, 0.15) is 0 Å². The Morgan fingerprint density at radius 1 is 0.962 bits per heavy atom. The number of piperidine rings is 2. The molecule has 3 aliphatic rings. The molecule has 1 amide bonds. The van der Waals surface area contributed by atoms with Gasteiger partial charge in [-0.1, -0.05) is 0 Å². The molecule has 142 valence electrons. The quantitative estimate of drug-likeness (QED) is 0.823. The highest BCUT2D eigenvalue weighted by Gasteiger charge is 2.34. The van der Waals surface area contributed by atoms with E-state index < -0.39 is 5.82 Å². The number of halogens is 1. The second-order valence-electron chi connectivity index (χ2n) is 7.79. The third kappa shape index (κ3) is 3.82. The standard InChI is InChI=1S/C19H28FN5O/c20-16-12-21-19(22-13-16)24-10-5-17(6-11-24)25-9-3-4-15(14-25)18(26)23-7-1-2-8-23/h12-13,15,17H,1-11,14H2/t15-/m0/s1. The summed E-state index contributed by atoms with van der Waals surface area (Å²) < 4.78 is 13.0. The molecule has 0 N–H and O–H groups in total. The van der Waals surface area contributed by atoms with E-state index in [0.717, 1.165) is 77.8 Å². The van der Waals surface area contributed by atoms with Crippen molar-refractivity contribution in [3.8, 4) is 0 Å². The van der Waals surface area contributed by atoms with Crippen molar-refractivity contribution in [2.24, 2.45) is 5.92 Å². The van der Waals surface area contributed by atoms with Gasteiger partial charge in [-0.05, 0) is 45.1 Å². The summed E-state index contributed by atoms with van der Waals surface area (Å²) in [6.07, 6.45) is 9.02. The number of carbonyl (C=O) groups is 1. The highest BCUT2D eigenvalue weighted by molar-refractivity contribution is 5.79. The topological polar surface area (TPSA) is 52.6 Å². The maximum absolute atomic E-state index is 13.0. The van der Waals surface area contributed by atoms with Gasteiger partial charge in [0.15, 0.2) is 5.82 Å². The number of hydrogen-bond acceptors (Lipinski definition) is 5. The van der Waals surface area contributed by atoms with Crippen molar-refractivity contribution in [1.29, 1.82) is 0 Å². The van der Waals surface area contributed by atoms with Crippen LogP contribution >= 0.6 is 0 Å². The predicted molar refractivity (Wildman–Crippen MR) is 97.3 cm³/mol. The first-order valence-corrected chi connectivity index (χ1v) is 9.96. The van der Waals surface area contributed by atoms with Crippen molar-refractivity contribution in [2.45, 2.75) is 44.6 Å². The normalized spacial score (nSPS) is 25.7. The van der Waals surface area contributed by atoms with Crippen LogP contribution in [0.25, 0.3) is 0 Å². The van der Waals surface area contributed by atoms with Crippen molar-refractivity contribution in [2.75, 3.05) is 44.2 Å². The molecule has 0 bridgehead atoms. The molecule has 1 aromatic heterocycles. The lowest BCUT2D eigenvalue weighted by Gasteiger charge is -2.42. The lowest BCUT2D eigenvalue weighted by Crippen LogP contribution is -2.51. The molecule has 0 unspecified atom stereocenters. The molecule has 0 aliphatic carbocycles. The van der Waals surface area contributed by atoms with Crippen LogP contribution in [0.4, 0.5) is 10.3 Å². The fourth-order valence-corrected chi connectivity index (χ4v) is 4.64. The van der Waals surface area contributed by atoms with E-state index in [1.54, 1.807) is 0 Å². The Hall–Kier alpha value is -1.76. The van der Waals surface area contributed by atoms with Gasteiger partial charge in [0.25, 0.3) is 0 Å². The second-order valence-corrected chi connectivity index (χ2v) is 7.79. The van der Waals surface area contributed by atoms with E-state index in [1.807, 2.05) is 0 Å². The minimum atomic E-state index is -0.398. The number of anilines is 1. The van der Waals surface area contributed by atoms with Gasteiger partial charge in [-0.3, -0.25) is 9.69 Å². The number of carbonyl (C=O) groups excluding carboxylic acids is 1. The van der Waals surface area contributed by atoms with Crippen molar-refractivity contribution >= 4 is 11.9 Å². The molecular weight excluding hydrogens is 333 g/mol. The molecule has 0 spiro atoms. The summed E-state index contributed by atoms with van der Waals surface area (Å²) >= 11 is 0. The van der Waals surface area contributed by atoms with Gasteiger partial charge in [-0.15, -0.1) is 0 Å². The molecule has 0 radical (unpaired) electrons. The minimum Gasteiger partial charge on any atom is -0.342 e. The van der Waals surface area contributed by atoms with E-state index in [4.69, 9.17) is 0 Å². The summed E-state index contributed by atoms with van der Waals surface area (Å²) in [6, 6.07) is 0.529. The van der Waals surface area contributed by atoms with Gasteiger partial charge >= 0.3 is 0 Å². The van der Waals surface area contributed by atoms with Crippen molar-refractivity contribution in [3.05, 3.63) is 18.2 Å². The number of rotatable bonds is 3. The van der Waals surface area contributed by atoms with Gasteiger partial charge in [0.05, 0.1) is 18.3 Å². The van der Waals surface area contributed by atoms with Crippen LogP contribution in [0, 0.1) is 11.7 Å². The lowest BCUT2D eigenvalue weighted by atomic mass is 9.93. The van der Waals surface area contributed by atoms with Crippen molar-refractivity contribution in [1.82, 2.24) is 19.8 Å². The van der Waals surface area contributed by atoms with E-state index >= 15 is 0 Å². The summed E-state index contributed by atoms with van der Waals surface area (Å²) in [5.74, 6) is 0.779. The zero-order valence-electron chi connectivity index (χ0n) is 15.3. The molecule has 6 nitrogen and oxygen atoms in total. The van der Waals surface area contributed by atoms with E-state index in [1.165, 1.54) is 12.4 Å². The van der Waals surface area contributed by atoms with E-state index in [-0.39, 0.29) is 5.92 Å². The Kier molecular flexibility index (Phi) is 5.33. The molecule has 4 heterocycles. The minimum absolute atomic E-state index is 0.181. The fourth-order valence-electron chi connectivity index (χ4n) is 4.64. The van der Waals surface area contributed by atoms with E-state index in [2.05, 4.69) is 24.7 Å². The van der Waals surface area contributed by atoms with Crippen LogP contribution < -0.4 is 4.90 Å². The Morgan fingerprint density at radius 2 is 1.65 bits per heavy atom. The van der Waals surface area contributed by atoms with Gasteiger partial charge in [-0.2, -0.15) is 0 Å². The number of hydrogen-bond donors (Lipinski definition) is 0. The number of amides is 1. The van der Waals surface area contributed by atoms with Crippen LogP contribution in [-0.4, -0.2) is 71.0 Å². The van der Waals surface area contributed by atoms with Crippen LogP contribution in [0.1, 0.15) is 38.5 Å². The molecule has 1 atom stereocenters. The van der Waals surface area contributed by atoms with Gasteiger partial charge in [-0.25, -0.2) is 14.4 Å². The van der Waals surface area contributed by atoms with Gasteiger partial charge < -0.3 is 9.80 Å². The number of aromatic nitrogens is 2. The highest BCUT2D eigenvalue weighted by atomic mass is 19.1. The Morgan fingerprint density at radius 3 is 2.35 bits per heavy atom. The third-order valence-electron chi connectivity index (χ3n) is 6.09. The zero-order valence-corrected chi connectivity index (χ0v) is 15.3. The van der Waals surface area contributed by atoms with Crippen LogP contribution in [0.5, 0.6) is 0 Å². The first-order valence-electron chi connectivity index (χ1n) is 9.96. The molecule has 3 fully saturated rings. The summed E-state index contributed by atoms with van der Waals surface area (Å²) in [6.45, 7) is 5.68. The molecule has 3 aliphatic heterocycles. The van der Waals surface area contributed by atoms with Crippen LogP contribution in [-0.2, 0) is 4.79 Å². The number of likely N-dealkylation sites (tertiary alicyclic amines) is 2. The molecule has 26 heavy (non-hydrogen) atoms. The smallest absolute Gasteiger partial charge is 0.226 e. The predicted octanol–water partition coefficient (Wildman–Crippen LogP) is 1.92. The fraction of sp³-hybridized carbons (Fsp3) is 0.737. The van der Waals surface area contributed by atoms with Crippen LogP contribution in [0.2, 0.25) is 0 Å². The van der Waals surface area contributed by atoms with E-state index in [0.29, 0.717) is 17.9 Å². The van der Waals surface area contributed by atoms with Crippen molar-refractivity contribution in [3.63, 3.8) is 0 Å². The van der Waals surface area contributed by atoms with Crippen molar-refractivity contribution < 1.29 is 9.18 Å². The van der Waals surface area contributed by atoms with E-state index in [9.17, 15) is 9.18 Å². The lowest BCUT2D eigenvalue weighted by molar-refractivity contribution is -0.136. The average Bonchev–Trinajstić information content (AvgIpc) is 3.23.